The summed E-state index contributed by atoms with van der Waals surface area (Å²) in [7, 11) is 1.59. The van der Waals surface area contributed by atoms with Crippen LogP contribution < -0.4 is 10.1 Å². The van der Waals surface area contributed by atoms with Crippen LogP contribution >= 0.6 is 0 Å². The molecule has 7 nitrogen and oxygen atoms in total. The van der Waals surface area contributed by atoms with Crippen LogP contribution in [0.15, 0.2) is 24.4 Å². The SMILES string of the molecule is COc1cccc2[nH]cc(CC(=O)NCC(C(=O)O)C3CCOCC3)c12. The molecule has 1 atom stereocenters. The third-order valence-electron chi connectivity index (χ3n) is 4.99. The largest absolute Gasteiger partial charge is 0.496 e. The van der Waals surface area contributed by atoms with Gasteiger partial charge in [0.15, 0.2) is 0 Å². The summed E-state index contributed by atoms with van der Waals surface area (Å²) >= 11 is 0. The summed E-state index contributed by atoms with van der Waals surface area (Å²) in [4.78, 5) is 27.1. The number of carboxylic acid groups (broad SMARTS) is 1. The molecule has 0 saturated carbocycles. The number of hydrogen-bond donors (Lipinski definition) is 3. The normalized spacial score (nSPS) is 16.3. The van der Waals surface area contributed by atoms with Gasteiger partial charge < -0.3 is 24.9 Å². The number of nitrogens with one attached hydrogen (secondary N) is 2. The van der Waals surface area contributed by atoms with E-state index in [0.29, 0.717) is 31.8 Å². The quantitative estimate of drug-likeness (QED) is 0.701. The Morgan fingerprint density at radius 2 is 2.15 bits per heavy atom. The monoisotopic (exact) mass is 360 g/mol. The zero-order valence-corrected chi connectivity index (χ0v) is 14.8. The van der Waals surface area contributed by atoms with Gasteiger partial charge in [-0.3, -0.25) is 9.59 Å². The number of aromatic nitrogens is 1. The first-order valence-corrected chi connectivity index (χ1v) is 8.80. The van der Waals surface area contributed by atoms with Crippen LogP contribution in [-0.2, 0) is 20.7 Å². The molecule has 0 bridgehead atoms. The van der Waals surface area contributed by atoms with Gasteiger partial charge in [0.25, 0.3) is 0 Å². The van der Waals surface area contributed by atoms with Gasteiger partial charge in [-0.2, -0.15) is 0 Å². The minimum Gasteiger partial charge on any atom is -0.496 e. The fourth-order valence-corrected chi connectivity index (χ4v) is 3.56. The van der Waals surface area contributed by atoms with Crippen molar-refractivity contribution >= 4 is 22.8 Å². The maximum Gasteiger partial charge on any atom is 0.308 e. The Bertz CT molecular complexity index is 779. The van der Waals surface area contributed by atoms with Crippen molar-refractivity contribution in [2.24, 2.45) is 11.8 Å². The van der Waals surface area contributed by atoms with Gasteiger partial charge >= 0.3 is 5.97 Å². The Kier molecular flexibility index (Phi) is 5.78. The van der Waals surface area contributed by atoms with Crippen molar-refractivity contribution in [3.8, 4) is 5.75 Å². The first-order valence-electron chi connectivity index (χ1n) is 8.80. The molecule has 0 spiro atoms. The maximum atomic E-state index is 12.4. The molecule has 0 radical (unpaired) electrons. The molecule has 1 saturated heterocycles. The average Bonchev–Trinajstić information content (AvgIpc) is 3.05. The number of fused-ring (bicyclic) bond motifs is 1. The molecule has 1 amide bonds. The molecule has 140 valence electrons. The summed E-state index contributed by atoms with van der Waals surface area (Å²) in [5.41, 5.74) is 1.73. The number of carbonyl (C=O) groups is 2. The highest BCUT2D eigenvalue weighted by Gasteiger charge is 2.30. The van der Waals surface area contributed by atoms with Gasteiger partial charge in [0.05, 0.1) is 19.4 Å². The standard InChI is InChI=1S/C19H24N2O5/c1-25-16-4-2-3-15-18(16)13(10-20-15)9-17(22)21-11-14(19(23)24)12-5-7-26-8-6-12/h2-4,10,12,14,20H,5-9,11H2,1H3,(H,21,22)(H,23,24). The summed E-state index contributed by atoms with van der Waals surface area (Å²) in [6.07, 6.45) is 3.39. The lowest BCUT2D eigenvalue weighted by Gasteiger charge is -2.27. The first-order chi connectivity index (χ1) is 12.6. The van der Waals surface area contributed by atoms with E-state index < -0.39 is 11.9 Å². The van der Waals surface area contributed by atoms with E-state index in [2.05, 4.69) is 10.3 Å². The molecule has 2 heterocycles. The molecule has 3 rings (SSSR count). The third kappa shape index (κ3) is 3.99. The molecule has 1 fully saturated rings. The van der Waals surface area contributed by atoms with Crippen molar-refractivity contribution < 1.29 is 24.2 Å². The second kappa shape index (κ2) is 8.23. The molecule has 1 aromatic heterocycles. The number of hydrogen-bond acceptors (Lipinski definition) is 4. The fourth-order valence-electron chi connectivity index (χ4n) is 3.56. The summed E-state index contributed by atoms with van der Waals surface area (Å²) in [5.74, 6) is -0.909. The number of aliphatic carboxylic acids is 1. The molecule has 26 heavy (non-hydrogen) atoms. The predicted octanol–water partition coefficient (Wildman–Crippen LogP) is 1.96. The maximum absolute atomic E-state index is 12.4. The smallest absolute Gasteiger partial charge is 0.308 e. The highest BCUT2D eigenvalue weighted by molar-refractivity contribution is 5.93. The third-order valence-corrected chi connectivity index (χ3v) is 4.99. The van der Waals surface area contributed by atoms with Crippen molar-refractivity contribution in [2.75, 3.05) is 26.9 Å². The molecule has 1 aromatic carbocycles. The number of aromatic amines is 1. The number of ether oxygens (including phenoxy) is 2. The van der Waals surface area contributed by atoms with E-state index in [1.807, 2.05) is 18.2 Å². The van der Waals surface area contributed by atoms with Gasteiger partial charge in [-0.1, -0.05) is 6.07 Å². The molecule has 3 N–H and O–H groups in total. The summed E-state index contributed by atoms with van der Waals surface area (Å²) in [6.45, 7) is 1.30. The summed E-state index contributed by atoms with van der Waals surface area (Å²) in [6, 6.07) is 5.65. The summed E-state index contributed by atoms with van der Waals surface area (Å²) < 4.78 is 10.7. The minimum absolute atomic E-state index is 0.0368. The summed E-state index contributed by atoms with van der Waals surface area (Å²) in [5, 5.41) is 13.2. The molecular formula is C19H24N2O5. The van der Waals surface area contributed by atoms with E-state index in [9.17, 15) is 14.7 Å². The van der Waals surface area contributed by atoms with Crippen LogP contribution in [-0.4, -0.2) is 48.8 Å². The van der Waals surface area contributed by atoms with E-state index in [0.717, 1.165) is 16.5 Å². The van der Waals surface area contributed by atoms with Gasteiger partial charge in [0, 0.05) is 36.9 Å². The molecule has 1 aliphatic rings. The van der Waals surface area contributed by atoms with Gasteiger partial charge in [-0.25, -0.2) is 0 Å². The second-order valence-corrected chi connectivity index (χ2v) is 6.57. The molecule has 7 heteroatoms. The number of amides is 1. The zero-order chi connectivity index (χ0) is 18.5. The fraction of sp³-hybridized carbons (Fsp3) is 0.474. The van der Waals surface area contributed by atoms with Gasteiger partial charge in [0.1, 0.15) is 5.75 Å². The predicted molar refractivity (Wildman–Crippen MR) is 96.2 cm³/mol. The molecule has 1 aliphatic heterocycles. The van der Waals surface area contributed by atoms with Crippen LogP contribution in [0.4, 0.5) is 0 Å². The number of carboxylic acids is 1. The lowest BCUT2D eigenvalue weighted by Crippen LogP contribution is -2.39. The van der Waals surface area contributed by atoms with Crippen LogP contribution in [0.3, 0.4) is 0 Å². The van der Waals surface area contributed by atoms with E-state index in [4.69, 9.17) is 9.47 Å². The van der Waals surface area contributed by atoms with Crippen molar-refractivity contribution in [3.63, 3.8) is 0 Å². The number of carbonyl (C=O) groups excluding carboxylic acids is 1. The van der Waals surface area contributed by atoms with E-state index in [1.165, 1.54) is 0 Å². The van der Waals surface area contributed by atoms with E-state index >= 15 is 0 Å². The molecule has 1 unspecified atom stereocenters. The van der Waals surface area contributed by atoms with E-state index in [-0.39, 0.29) is 24.8 Å². The van der Waals surface area contributed by atoms with Crippen molar-refractivity contribution in [1.29, 1.82) is 0 Å². The first kappa shape index (κ1) is 18.3. The lowest BCUT2D eigenvalue weighted by atomic mass is 9.86. The highest BCUT2D eigenvalue weighted by Crippen LogP contribution is 2.29. The van der Waals surface area contributed by atoms with Gasteiger partial charge in [-0.05, 0) is 36.5 Å². The Balaban J connectivity index is 1.64. The van der Waals surface area contributed by atoms with Gasteiger partial charge in [-0.15, -0.1) is 0 Å². The average molecular weight is 360 g/mol. The van der Waals surface area contributed by atoms with Crippen molar-refractivity contribution in [2.45, 2.75) is 19.3 Å². The van der Waals surface area contributed by atoms with Crippen LogP contribution in [0.25, 0.3) is 10.9 Å². The molecular weight excluding hydrogens is 336 g/mol. The Hall–Kier alpha value is -2.54. The Labute approximate surface area is 151 Å². The molecule has 0 aliphatic carbocycles. The van der Waals surface area contributed by atoms with Crippen molar-refractivity contribution in [1.82, 2.24) is 10.3 Å². The number of H-pyrrole nitrogens is 1. The lowest BCUT2D eigenvalue weighted by molar-refractivity contribution is -0.144. The topological polar surface area (TPSA) is 101 Å². The highest BCUT2D eigenvalue weighted by atomic mass is 16.5. The van der Waals surface area contributed by atoms with E-state index in [1.54, 1.807) is 13.3 Å². The molecule has 2 aromatic rings. The van der Waals surface area contributed by atoms with Gasteiger partial charge in [0.2, 0.25) is 5.91 Å². The number of methoxy groups -OCH3 is 1. The Morgan fingerprint density at radius 1 is 1.38 bits per heavy atom. The zero-order valence-electron chi connectivity index (χ0n) is 14.8. The van der Waals surface area contributed by atoms with Crippen molar-refractivity contribution in [3.05, 3.63) is 30.0 Å². The van der Waals surface area contributed by atoms with Crippen LogP contribution in [0.1, 0.15) is 18.4 Å². The van der Waals surface area contributed by atoms with Crippen LogP contribution in [0.5, 0.6) is 5.75 Å². The van der Waals surface area contributed by atoms with Crippen LogP contribution in [0, 0.1) is 11.8 Å². The number of benzene rings is 1. The number of rotatable bonds is 7. The second-order valence-electron chi connectivity index (χ2n) is 6.57. The Morgan fingerprint density at radius 3 is 2.85 bits per heavy atom. The minimum atomic E-state index is -0.869. The van der Waals surface area contributed by atoms with Crippen LogP contribution in [0.2, 0.25) is 0 Å².